The molecule has 1 unspecified atom stereocenters. The van der Waals surface area contributed by atoms with Crippen LogP contribution in [0.15, 0.2) is 34.3 Å². The number of ether oxygens (including phenoxy) is 1. The van der Waals surface area contributed by atoms with E-state index in [-0.39, 0.29) is 36.7 Å². The predicted octanol–water partition coefficient (Wildman–Crippen LogP) is 4.64. The van der Waals surface area contributed by atoms with Crippen molar-refractivity contribution in [2.45, 2.75) is 45.3 Å². The molecule has 0 fully saturated rings. The number of alkyl halides is 6. The van der Waals surface area contributed by atoms with Crippen molar-refractivity contribution in [2.75, 3.05) is 32.1 Å². The molecule has 1 aromatic heterocycles. The first-order chi connectivity index (χ1) is 18.8. The number of halogens is 7. The first-order valence-corrected chi connectivity index (χ1v) is 11.9. The fourth-order valence-corrected chi connectivity index (χ4v) is 3.49. The summed E-state index contributed by atoms with van der Waals surface area (Å²) >= 11 is 0. The highest BCUT2D eigenvalue weighted by Crippen LogP contribution is 2.43. The Kier molecular flexibility index (Phi) is 10.8. The number of carbonyl (C=O) groups excluding carboxylic acids is 1. The zero-order valence-corrected chi connectivity index (χ0v) is 22.7. The molecule has 2 aromatic rings. The quantitative estimate of drug-likeness (QED) is 0.248. The fraction of sp³-hybridized carbons (Fsp3) is 0.440. The van der Waals surface area contributed by atoms with Gasteiger partial charge in [-0.15, -0.1) is 0 Å². The number of carbonyl (C=O) groups is 1. The van der Waals surface area contributed by atoms with Gasteiger partial charge in [0.05, 0.1) is 35.0 Å². The highest BCUT2D eigenvalue weighted by atomic mass is 19.4. The Hall–Kier alpha value is -3.79. The van der Waals surface area contributed by atoms with E-state index in [0.717, 1.165) is 23.4 Å². The van der Waals surface area contributed by atoms with E-state index in [2.05, 4.69) is 15.0 Å². The van der Waals surface area contributed by atoms with Gasteiger partial charge in [0, 0.05) is 12.6 Å². The third-order valence-corrected chi connectivity index (χ3v) is 5.32. The Balaban J connectivity index is 2.65. The minimum Gasteiger partial charge on any atom is -0.408 e. The summed E-state index contributed by atoms with van der Waals surface area (Å²) < 4.78 is 102. The molecular formula is C25H29F7N6O3. The van der Waals surface area contributed by atoms with Gasteiger partial charge >= 0.3 is 18.4 Å². The molecule has 3 N–H and O–H groups in total. The van der Waals surface area contributed by atoms with Crippen molar-refractivity contribution in [3.05, 3.63) is 52.5 Å². The average Bonchev–Trinajstić information content (AvgIpc) is 2.82. The lowest BCUT2D eigenvalue weighted by Crippen LogP contribution is -2.40. The highest BCUT2D eigenvalue weighted by molar-refractivity contribution is 6.05. The summed E-state index contributed by atoms with van der Waals surface area (Å²) in [5, 5.41) is 9.85. The lowest BCUT2D eigenvalue weighted by molar-refractivity contribution is -0.143. The second kappa shape index (κ2) is 13.2. The minimum atomic E-state index is -5.43. The highest BCUT2D eigenvalue weighted by Gasteiger charge is 2.42. The molecule has 0 saturated carbocycles. The average molecular weight is 595 g/mol. The van der Waals surface area contributed by atoms with Crippen LogP contribution in [0.2, 0.25) is 0 Å². The van der Waals surface area contributed by atoms with Crippen LogP contribution in [0.4, 0.5) is 41.3 Å². The summed E-state index contributed by atoms with van der Waals surface area (Å²) in [7, 11) is 3.37. The van der Waals surface area contributed by atoms with Crippen LogP contribution in [0.25, 0.3) is 0 Å². The molecule has 1 atom stereocenters. The maximum absolute atomic E-state index is 14.0. The standard InChI is InChI=1S/C25H29F7N6O3/c1-13(2)38(20-7-6-19(26)14(3)36-20)23(40)41-21-17(22(33)35-12-34-10-16(39)11-37(4)5)8-15(24(27,28)29)9-18(21)25(30,31)32/h6-9,12-13,16,39H,10-11H2,1-5H3,(H2,33,34,35). The van der Waals surface area contributed by atoms with Crippen LogP contribution in [-0.4, -0.2) is 72.6 Å². The number of aromatic nitrogens is 1. The summed E-state index contributed by atoms with van der Waals surface area (Å²) in [5.41, 5.74) is 0.978. The van der Waals surface area contributed by atoms with Gasteiger partial charge in [-0.3, -0.25) is 9.89 Å². The number of aryl methyl sites for hydroxylation is 1. The van der Waals surface area contributed by atoms with Crippen molar-refractivity contribution >= 4 is 24.1 Å². The molecule has 1 heterocycles. The Morgan fingerprint density at radius 3 is 2.29 bits per heavy atom. The van der Waals surface area contributed by atoms with Gasteiger partial charge in [-0.05, 0) is 59.1 Å². The van der Waals surface area contributed by atoms with Gasteiger partial charge in [-0.1, -0.05) is 0 Å². The smallest absolute Gasteiger partial charge is 0.408 e. The van der Waals surface area contributed by atoms with Gasteiger partial charge in [0.1, 0.15) is 23.8 Å². The number of aliphatic hydroxyl groups is 1. The number of aliphatic imine (C=N–C) groups is 2. The molecule has 0 aliphatic heterocycles. The summed E-state index contributed by atoms with van der Waals surface area (Å²) in [6.07, 6.45) is -12.3. The summed E-state index contributed by atoms with van der Waals surface area (Å²) in [6.45, 7) is 4.22. The normalized spacial score (nSPS) is 13.8. The Morgan fingerprint density at radius 1 is 1.15 bits per heavy atom. The Morgan fingerprint density at radius 2 is 1.78 bits per heavy atom. The number of rotatable bonds is 9. The number of nitrogens with two attached hydrogens (primary N) is 1. The molecule has 1 amide bonds. The van der Waals surface area contributed by atoms with Crippen molar-refractivity contribution in [1.82, 2.24) is 9.88 Å². The van der Waals surface area contributed by atoms with Gasteiger partial charge in [0.2, 0.25) is 0 Å². The van der Waals surface area contributed by atoms with Crippen LogP contribution in [0.5, 0.6) is 5.75 Å². The van der Waals surface area contributed by atoms with Gasteiger partial charge in [-0.2, -0.15) is 26.3 Å². The molecule has 9 nitrogen and oxygen atoms in total. The first-order valence-electron chi connectivity index (χ1n) is 11.9. The molecule has 0 aliphatic rings. The number of aliphatic hydroxyl groups excluding tert-OH is 1. The van der Waals surface area contributed by atoms with Crippen molar-refractivity contribution < 1.29 is 45.4 Å². The number of nitrogens with zero attached hydrogens (tertiary/aromatic N) is 5. The monoisotopic (exact) mass is 594 g/mol. The van der Waals surface area contributed by atoms with Crippen molar-refractivity contribution in [2.24, 2.45) is 15.7 Å². The molecule has 0 aliphatic carbocycles. The summed E-state index contributed by atoms with van der Waals surface area (Å²) in [5.74, 6) is -3.13. The van der Waals surface area contributed by atoms with Gasteiger partial charge in [0.25, 0.3) is 0 Å². The van der Waals surface area contributed by atoms with Crippen molar-refractivity contribution in [1.29, 1.82) is 0 Å². The molecule has 2 rings (SSSR count). The van der Waals surface area contributed by atoms with Gasteiger partial charge < -0.3 is 20.5 Å². The van der Waals surface area contributed by atoms with Gasteiger partial charge in [0.15, 0.2) is 5.75 Å². The number of amides is 1. The van der Waals surface area contributed by atoms with Crippen molar-refractivity contribution in [3.63, 3.8) is 0 Å². The van der Waals surface area contributed by atoms with E-state index in [1.54, 1.807) is 19.0 Å². The maximum atomic E-state index is 14.0. The first kappa shape index (κ1) is 33.4. The van der Waals surface area contributed by atoms with E-state index in [1.165, 1.54) is 20.8 Å². The summed E-state index contributed by atoms with van der Waals surface area (Å²) in [6, 6.07) is 1.30. The van der Waals surface area contributed by atoms with E-state index in [0.29, 0.717) is 0 Å². The molecule has 1 aromatic carbocycles. The molecule has 0 radical (unpaired) electrons. The van der Waals surface area contributed by atoms with E-state index in [1.807, 2.05) is 0 Å². The lowest BCUT2D eigenvalue weighted by Gasteiger charge is -2.27. The molecular weight excluding hydrogens is 565 g/mol. The molecule has 41 heavy (non-hydrogen) atoms. The second-order valence-electron chi connectivity index (χ2n) is 9.38. The topological polar surface area (TPSA) is 117 Å². The zero-order valence-electron chi connectivity index (χ0n) is 22.7. The lowest BCUT2D eigenvalue weighted by atomic mass is 10.0. The SMILES string of the molecule is Cc1nc(N(C(=O)Oc2c(C(N)=NC=NCC(O)CN(C)C)cc(C(F)(F)F)cc2C(F)(F)F)C(C)C)ccc1F. The van der Waals surface area contributed by atoms with E-state index >= 15 is 0 Å². The number of amidine groups is 1. The number of pyridine rings is 1. The van der Waals surface area contributed by atoms with Gasteiger partial charge in [-0.25, -0.2) is 19.2 Å². The largest absolute Gasteiger partial charge is 0.421 e. The fourth-order valence-electron chi connectivity index (χ4n) is 3.49. The Labute approximate surface area is 231 Å². The summed E-state index contributed by atoms with van der Waals surface area (Å²) in [4.78, 5) is 26.9. The van der Waals surface area contributed by atoms with E-state index < -0.39 is 64.7 Å². The minimum absolute atomic E-state index is 0.126. The van der Waals surface area contributed by atoms with Crippen LogP contribution in [0.3, 0.4) is 0 Å². The third-order valence-electron chi connectivity index (χ3n) is 5.32. The number of anilines is 1. The molecule has 0 bridgehead atoms. The van der Waals surface area contributed by atoms with Crippen LogP contribution in [0.1, 0.15) is 36.2 Å². The van der Waals surface area contributed by atoms with E-state index in [9.17, 15) is 40.6 Å². The van der Waals surface area contributed by atoms with Crippen molar-refractivity contribution in [3.8, 4) is 5.75 Å². The molecule has 16 heteroatoms. The maximum Gasteiger partial charge on any atom is 0.421 e. The van der Waals surface area contributed by atoms with E-state index in [4.69, 9.17) is 10.5 Å². The molecule has 226 valence electrons. The second-order valence-corrected chi connectivity index (χ2v) is 9.38. The number of hydrogen-bond acceptors (Lipinski definition) is 6. The number of benzene rings is 1. The molecule has 0 saturated heterocycles. The number of likely N-dealkylation sites (N-methyl/N-ethyl adjacent to an activating group) is 1. The van der Waals surface area contributed by atoms with Crippen LogP contribution < -0.4 is 15.4 Å². The Bertz CT molecular complexity index is 1290. The van der Waals surface area contributed by atoms with Crippen LogP contribution in [0, 0.1) is 12.7 Å². The predicted molar refractivity (Wildman–Crippen MR) is 138 cm³/mol. The third kappa shape index (κ3) is 9.11. The zero-order chi connectivity index (χ0) is 31.3. The number of hydrogen-bond donors (Lipinski definition) is 2. The van der Waals surface area contributed by atoms with Crippen LogP contribution in [-0.2, 0) is 12.4 Å². The molecule has 0 spiro atoms. The van der Waals surface area contributed by atoms with Crippen LogP contribution >= 0.6 is 0 Å².